The summed E-state index contributed by atoms with van der Waals surface area (Å²) in [4.78, 5) is 0. The van der Waals surface area contributed by atoms with Crippen LogP contribution in [0.4, 0.5) is 0 Å². The molecule has 0 aromatic heterocycles. The van der Waals surface area contributed by atoms with Gasteiger partial charge in [0.05, 0.1) is 6.61 Å². The van der Waals surface area contributed by atoms with Crippen molar-refractivity contribution in [3.8, 4) is 11.1 Å². The van der Waals surface area contributed by atoms with Gasteiger partial charge < -0.3 is 5.11 Å². The molecule has 1 N–H and O–H groups in total. The van der Waals surface area contributed by atoms with E-state index in [9.17, 15) is 0 Å². The second-order valence-electron chi connectivity index (χ2n) is 3.13. The van der Waals surface area contributed by atoms with Crippen LogP contribution in [0.5, 0.6) is 0 Å². The number of hydrogen-bond donors (Lipinski definition) is 1. The second kappa shape index (κ2) is 4.07. The van der Waals surface area contributed by atoms with Gasteiger partial charge in [-0.05, 0) is 22.8 Å². The molecule has 2 aromatic carbocycles. The molecule has 2 rings (SSSR count). The molecule has 1 heteroatoms. The van der Waals surface area contributed by atoms with Crippen LogP contribution in [-0.2, 0) is 6.61 Å². The fraction of sp³-hybridized carbons (Fsp3) is 0.0769. The third-order valence-corrected chi connectivity index (χ3v) is 2.16. The van der Waals surface area contributed by atoms with Crippen LogP contribution >= 0.6 is 0 Å². The Kier molecular flexibility index (Phi) is 2.61. The monoisotopic (exact) mass is 183 g/mol. The Bertz CT molecular complexity index is 389. The fourth-order valence-corrected chi connectivity index (χ4v) is 1.36. The normalized spacial score (nSPS) is 10.1. The van der Waals surface area contributed by atoms with Crippen molar-refractivity contribution in [2.45, 2.75) is 6.61 Å². The Morgan fingerprint density at radius 1 is 1.00 bits per heavy atom. The molecule has 0 aliphatic carbocycles. The fourth-order valence-electron chi connectivity index (χ4n) is 1.36. The molecular formula is C13H11O. The third-order valence-electron chi connectivity index (χ3n) is 2.16. The van der Waals surface area contributed by atoms with Crippen LogP contribution in [0.25, 0.3) is 11.1 Å². The van der Waals surface area contributed by atoms with Crippen molar-refractivity contribution in [2.24, 2.45) is 0 Å². The summed E-state index contributed by atoms with van der Waals surface area (Å²) in [5, 5.41) is 8.89. The van der Waals surface area contributed by atoms with Gasteiger partial charge in [0.25, 0.3) is 0 Å². The summed E-state index contributed by atoms with van der Waals surface area (Å²) in [5.41, 5.74) is 3.14. The molecule has 0 unspecified atom stereocenters. The van der Waals surface area contributed by atoms with Gasteiger partial charge in [0.2, 0.25) is 0 Å². The Morgan fingerprint density at radius 3 is 2.36 bits per heavy atom. The molecule has 1 radical (unpaired) electrons. The van der Waals surface area contributed by atoms with Gasteiger partial charge in [-0.15, -0.1) is 0 Å². The molecule has 69 valence electrons. The van der Waals surface area contributed by atoms with Crippen LogP contribution in [0.15, 0.2) is 48.5 Å². The molecule has 0 spiro atoms. The van der Waals surface area contributed by atoms with E-state index in [2.05, 4.69) is 6.07 Å². The van der Waals surface area contributed by atoms with Gasteiger partial charge in [-0.3, -0.25) is 0 Å². The van der Waals surface area contributed by atoms with Crippen molar-refractivity contribution in [3.05, 3.63) is 60.2 Å². The van der Waals surface area contributed by atoms with Crippen molar-refractivity contribution in [1.82, 2.24) is 0 Å². The van der Waals surface area contributed by atoms with E-state index in [1.807, 2.05) is 48.5 Å². The molecule has 0 aliphatic heterocycles. The predicted octanol–water partition coefficient (Wildman–Crippen LogP) is 2.65. The average molecular weight is 183 g/mol. The minimum atomic E-state index is 0.0960. The number of aliphatic hydroxyl groups excluding tert-OH is 1. The number of hydrogen-bond acceptors (Lipinski definition) is 1. The van der Waals surface area contributed by atoms with Gasteiger partial charge in [0.1, 0.15) is 0 Å². The van der Waals surface area contributed by atoms with Crippen LogP contribution in [0.3, 0.4) is 0 Å². The van der Waals surface area contributed by atoms with Crippen LogP contribution < -0.4 is 0 Å². The lowest BCUT2D eigenvalue weighted by Crippen LogP contribution is -1.82. The molecule has 1 nitrogen and oxygen atoms in total. The second-order valence-corrected chi connectivity index (χ2v) is 3.13. The maximum atomic E-state index is 8.89. The maximum Gasteiger partial charge on any atom is 0.0681 e. The van der Waals surface area contributed by atoms with Crippen molar-refractivity contribution in [2.75, 3.05) is 0 Å². The summed E-state index contributed by atoms with van der Waals surface area (Å²) in [6.45, 7) is 0.0960. The zero-order valence-corrected chi connectivity index (χ0v) is 7.77. The molecule has 14 heavy (non-hydrogen) atoms. The van der Waals surface area contributed by atoms with Gasteiger partial charge >= 0.3 is 0 Å². The first kappa shape index (κ1) is 8.97. The van der Waals surface area contributed by atoms with Crippen LogP contribution in [0, 0.1) is 6.07 Å². The van der Waals surface area contributed by atoms with Crippen molar-refractivity contribution in [1.29, 1.82) is 0 Å². The first-order chi connectivity index (χ1) is 6.90. The lowest BCUT2D eigenvalue weighted by atomic mass is 10.0. The van der Waals surface area contributed by atoms with E-state index in [1.54, 1.807) is 0 Å². The van der Waals surface area contributed by atoms with Gasteiger partial charge in [-0.1, -0.05) is 48.5 Å². The Labute approximate surface area is 83.6 Å². The number of aliphatic hydroxyl groups is 1. The predicted molar refractivity (Wildman–Crippen MR) is 56.6 cm³/mol. The zero-order valence-electron chi connectivity index (χ0n) is 7.77. The molecule has 0 atom stereocenters. The van der Waals surface area contributed by atoms with Gasteiger partial charge in [0, 0.05) is 0 Å². The Balaban J connectivity index is 2.34. The van der Waals surface area contributed by atoms with E-state index in [-0.39, 0.29) is 6.61 Å². The van der Waals surface area contributed by atoms with Crippen LogP contribution in [-0.4, -0.2) is 5.11 Å². The molecule has 0 saturated carbocycles. The smallest absolute Gasteiger partial charge is 0.0681 e. The third kappa shape index (κ3) is 1.83. The maximum absolute atomic E-state index is 8.89. The molecular weight excluding hydrogens is 172 g/mol. The quantitative estimate of drug-likeness (QED) is 0.758. The highest BCUT2D eigenvalue weighted by atomic mass is 16.3. The van der Waals surface area contributed by atoms with Crippen molar-refractivity contribution in [3.63, 3.8) is 0 Å². The van der Waals surface area contributed by atoms with Gasteiger partial charge in [-0.25, -0.2) is 0 Å². The molecule has 0 fully saturated rings. The largest absolute Gasteiger partial charge is 0.392 e. The molecule has 0 amide bonds. The summed E-state index contributed by atoms with van der Waals surface area (Å²) in [6, 6.07) is 18.9. The first-order valence-corrected chi connectivity index (χ1v) is 4.57. The summed E-state index contributed by atoms with van der Waals surface area (Å²) in [5.74, 6) is 0. The minimum Gasteiger partial charge on any atom is -0.392 e. The minimum absolute atomic E-state index is 0.0960. The first-order valence-electron chi connectivity index (χ1n) is 4.57. The summed E-state index contributed by atoms with van der Waals surface area (Å²) >= 11 is 0. The summed E-state index contributed by atoms with van der Waals surface area (Å²) in [7, 11) is 0. The molecule has 2 aromatic rings. The van der Waals surface area contributed by atoms with E-state index in [0.717, 1.165) is 16.7 Å². The van der Waals surface area contributed by atoms with Crippen molar-refractivity contribution >= 4 is 0 Å². The van der Waals surface area contributed by atoms with Crippen molar-refractivity contribution < 1.29 is 5.11 Å². The zero-order chi connectivity index (χ0) is 9.80. The SMILES string of the molecule is OCc1ccc(-c2[c]cccc2)cc1. The van der Waals surface area contributed by atoms with E-state index in [0.29, 0.717) is 0 Å². The molecule has 0 bridgehead atoms. The Morgan fingerprint density at radius 2 is 1.79 bits per heavy atom. The topological polar surface area (TPSA) is 20.2 Å². The van der Waals surface area contributed by atoms with E-state index >= 15 is 0 Å². The lowest BCUT2D eigenvalue weighted by molar-refractivity contribution is 0.282. The molecule has 0 aliphatic rings. The van der Waals surface area contributed by atoms with E-state index in [4.69, 9.17) is 5.11 Å². The molecule has 0 saturated heterocycles. The highest BCUT2D eigenvalue weighted by Gasteiger charge is 1.96. The van der Waals surface area contributed by atoms with E-state index in [1.165, 1.54) is 0 Å². The highest BCUT2D eigenvalue weighted by Crippen LogP contribution is 2.18. The highest BCUT2D eigenvalue weighted by molar-refractivity contribution is 5.62. The Hall–Kier alpha value is -1.60. The van der Waals surface area contributed by atoms with E-state index < -0.39 is 0 Å². The molecule has 0 heterocycles. The number of benzene rings is 2. The average Bonchev–Trinajstić information content (AvgIpc) is 2.30. The number of rotatable bonds is 2. The van der Waals surface area contributed by atoms with Crippen LogP contribution in [0.1, 0.15) is 5.56 Å². The summed E-state index contributed by atoms with van der Waals surface area (Å²) < 4.78 is 0. The summed E-state index contributed by atoms with van der Waals surface area (Å²) in [6.07, 6.45) is 0. The van der Waals surface area contributed by atoms with Gasteiger partial charge in [-0.2, -0.15) is 0 Å². The lowest BCUT2D eigenvalue weighted by Gasteiger charge is -2.01. The standard InChI is InChI=1S/C13H11O/c14-10-11-6-8-13(9-7-11)12-4-2-1-3-5-12/h1-4,6-9,14H,10H2. The van der Waals surface area contributed by atoms with Crippen LogP contribution in [0.2, 0.25) is 0 Å². The van der Waals surface area contributed by atoms with Gasteiger partial charge in [0.15, 0.2) is 0 Å².